The molecule has 0 bridgehead atoms. The third kappa shape index (κ3) is 6.92. The predicted octanol–water partition coefficient (Wildman–Crippen LogP) is 6.91. The van der Waals surface area contributed by atoms with Gasteiger partial charge in [0.2, 0.25) is 5.95 Å². The quantitative estimate of drug-likeness (QED) is 0.133. The molecule has 0 unspecified atom stereocenters. The standard InChI is InChI=1S/C20H16N4O2.C19H17N5/c25-24(26)19-4-2-1-3-16(19)20-17-13-15(14-7-9-21-10-8-14)5-6-18(17)22-11-12-23-20;20-19-23-9-8-16(24-19)14-6-7-17-15(12-14)18(22-11-10-21-17)13-4-2-1-3-5-13/h1-10,13,22H,11-12H2;1-9,12,21H,10-11H2,(H2,20,23,24). The molecule has 0 amide bonds. The number of pyridine rings is 1. The average Bonchev–Trinajstić information content (AvgIpc) is 3.51. The maximum Gasteiger partial charge on any atom is 0.278 e. The summed E-state index contributed by atoms with van der Waals surface area (Å²) in [5.41, 5.74) is 16.9. The number of rotatable bonds is 5. The Labute approximate surface area is 288 Å². The summed E-state index contributed by atoms with van der Waals surface area (Å²) >= 11 is 0. The lowest BCUT2D eigenvalue weighted by atomic mass is 9.95. The zero-order chi connectivity index (χ0) is 34.3. The van der Waals surface area contributed by atoms with Gasteiger partial charge >= 0.3 is 0 Å². The van der Waals surface area contributed by atoms with Crippen LogP contribution in [0, 0.1) is 10.1 Å². The minimum atomic E-state index is -0.359. The molecule has 6 aromatic rings. The lowest BCUT2D eigenvalue weighted by molar-refractivity contribution is -0.385. The maximum absolute atomic E-state index is 11.5. The summed E-state index contributed by atoms with van der Waals surface area (Å²) in [5, 5.41) is 18.3. The zero-order valence-corrected chi connectivity index (χ0v) is 27.0. The molecule has 50 heavy (non-hydrogen) atoms. The van der Waals surface area contributed by atoms with Crippen LogP contribution < -0.4 is 16.4 Å². The summed E-state index contributed by atoms with van der Waals surface area (Å²) in [4.78, 5) is 32.9. The van der Waals surface area contributed by atoms with Crippen molar-refractivity contribution in [3.63, 3.8) is 0 Å². The first-order valence-electron chi connectivity index (χ1n) is 16.2. The molecule has 4 heterocycles. The van der Waals surface area contributed by atoms with Gasteiger partial charge in [-0.15, -0.1) is 0 Å². The summed E-state index contributed by atoms with van der Waals surface area (Å²) in [6.45, 7) is 2.81. The Bertz CT molecular complexity index is 2220. The Kier molecular flexibility index (Phi) is 9.27. The van der Waals surface area contributed by atoms with Crippen molar-refractivity contribution in [2.45, 2.75) is 0 Å². The summed E-state index contributed by atoms with van der Waals surface area (Å²) in [6.07, 6.45) is 5.17. The predicted molar refractivity (Wildman–Crippen MR) is 199 cm³/mol. The molecule has 4 N–H and O–H groups in total. The molecular weight excluding hydrogens is 626 g/mol. The normalized spacial score (nSPS) is 13.3. The second-order valence-corrected chi connectivity index (χ2v) is 11.5. The van der Waals surface area contributed by atoms with Crippen LogP contribution in [0.15, 0.2) is 138 Å². The average molecular weight is 660 g/mol. The van der Waals surface area contributed by atoms with Crippen molar-refractivity contribution in [2.24, 2.45) is 9.98 Å². The van der Waals surface area contributed by atoms with E-state index in [0.29, 0.717) is 24.4 Å². The third-order valence-electron chi connectivity index (χ3n) is 8.33. The first-order valence-corrected chi connectivity index (χ1v) is 16.2. The van der Waals surface area contributed by atoms with Crippen molar-refractivity contribution in [2.75, 3.05) is 42.5 Å². The van der Waals surface area contributed by atoms with Gasteiger partial charge < -0.3 is 16.4 Å². The number of para-hydroxylation sites is 1. The Morgan fingerprint density at radius 2 is 1.26 bits per heavy atom. The number of hydrogen-bond donors (Lipinski definition) is 3. The Morgan fingerprint density at radius 1 is 0.620 bits per heavy atom. The number of benzene rings is 4. The third-order valence-corrected chi connectivity index (χ3v) is 8.33. The summed E-state index contributed by atoms with van der Waals surface area (Å²) in [5.74, 6) is 0.275. The summed E-state index contributed by atoms with van der Waals surface area (Å²) in [6, 6.07) is 35.0. The Morgan fingerprint density at radius 3 is 1.98 bits per heavy atom. The van der Waals surface area contributed by atoms with E-state index in [1.54, 1.807) is 36.8 Å². The van der Waals surface area contributed by atoms with Crippen LogP contribution in [0.25, 0.3) is 22.4 Å². The SMILES string of the molecule is Nc1nccc(-c2ccc3c(c2)C(c2ccccc2)=NCCN3)n1.O=[N+]([O-])c1ccccc1C1=NCCNc2ccc(-c3ccncc3)cc21. The van der Waals surface area contributed by atoms with Gasteiger partial charge in [-0.2, -0.15) is 0 Å². The molecule has 0 saturated heterocycles. The highest BCUT2D eigenvalue weighted by molar-refractivity contribution is 6.19. The van der Waals surface area contributed by atoms with Crippen LogP contribution in [-0.4, -0.2) is 57.5 Å². The van der Waals surface area contributed by atoms with E-state index in [4.69, 9.17) is 10.7 Å². The molecule has 246 valence electrons. The fraction of sp³-hybridized carbons (Fsp3) is 0.103. The van der Waals surface area contributed by atoms with Crippen molar-refractivity contribution in [1.29, 1.82) is 0 Å². The van der Waals surface area contributed by atoms with Crippen LogP contribution >= 0.6 is 0 Å². The van der Waals surface area contributed by atoms with Gasteiger partial charge in [0.25, 0.3) is 5.69 Å². The van der Waals surface area contributed by atoms with Crippen LogP contribution in [0.3, 0.4) is 0 Å². The van der Waals surface area contributed by atoms with Crippen molar-refractivity contribution in [3.8, 4) is 22.4 Å². The molecule has 11 nitrogen and oxygen atoms in total. The first kappa shape index (κ1) is 31.8. The molecule has 4 aromatic carbocycles. The number of aliphatic imine (C=N–C) groups is 2. The summed E-state index contributed by atoms with van der Waals surface area (Å²) in [7, 11) is 0. The largest absolute Gasteiger partial charge is 0.383 e. The number of nitrogens with one attached hydrogen (secondary N) is 2. The second kappa shape index (κ2) is 14.6. The fourth-order valence-electron chi connectivity index (χ4n) is 6.00. The minimum absolute atomic E-state index is 0.0633. The number of nitro groups is 1. The highest BCUT2D eigenvalue weighted by Gasteiger charge is 2.23. The molecular formula is C39H33N9O2. The number of nitrogen functional groups attached to an aromatic ring is 1. The zero-order valence-electron chi connectivity index (χ0n) is 27.0. The molecule has 0 radical (unpaired) electrons. The number of benzodiazepines with no additional fused rings is 2. The molecule has 0 fully saturated rings. The molecule has 0 spiro atoms. The van der Waals surface area contributed by atoms with Crippen LogP contribution in [0.2, 0.25) is 0 Å². The van der Waals surface area contributed by atoms with Crippen molar-refractivity contribution < 1.29 is 4.92 Å². The lowest BCUT2D eigenvalue weighted by Crippen LogP contribution is -2.08. The Balaban J connectivity index is 0.000000157. The van der Waals surface area contributed by atoms with Gasteiger partial charge in [0, 0.05) is 71.4 Å². The molecule has 8 rings (SSSR count). The van der Waals surface area contributed by atoms with Crippen LogP contribution in [0.4, 0.5) is 23.0 Å². The molecule has 2 aliphatic rings. The molecule has 2 aromatic heterocycles. The number of nitrogens with zero attached hydrogens (tertiary/aromatic N) is 6. The maximum atomic E-state index is 11.5. The van der Waals surface area contributed by atoms with Gasteiger partial charge in [0.1, 0.15) is 0 Å². The van der Waals surface area contributed by atoms with E-state index in [1.807, 2.05) is 60.7 Å². The van der Waals surface area contributed by atoms with Crippen LogP contribution in [-0.2, 0) is 0 Å². The first-order chi connectivity index (χ1) is 24.5. The van der Waals surface area contributed by atoms with E-state index < -0.39 is 0 Å². The number of fused-ring (bicyclic) bond motifs is 2. The van der Waals surface area contributed by atoms with Gasteiger partial charge in [0.05, 0.1) is 40.7 Å². The van der Waals surface area contributed by atoms with Gasteiger partial charge in [-0.05, 0) is 59.7 Å². The topological polar surface area (TPSA) is 157 Å². The van der Waals surface area contributed by atoms with E-state index in [2.05, 4.69) is 54.8 Å². The van der Waals surface area contributed by atoms with E-state index >= 15 is 0 Å². The number of nitro benzene ring substituents is 1. The van der Waals surface area contributed by atoms with E-state index in [-0.39, 0.29) is 16.6 Å². The van der Waals surface area contributed by atoms with Crippen molar-refractivity contribution in [3.05, 3.63) is 160 Å². The molecule has 2 aliphatic heterocycles. The smallest absolute Gasteiger partial charge is 0.278 e. The second-order valence-electron chi connectivity index (χ2n) is 11.5. The molecule has 0 saturated carbocycles. The molecule has 11 heteroatoms. The van der Waals surface area contributed by atoms with Gasteiger partial charge in [-0.25, -0.2) is 9.97 Å². The number of hydrogen-bond acceptors (Lipinski definition) is 10. The van der Waals surface area contributed by atoms with Gasteiger partial charge in [0.15, 0.2) is 0 Å². The van der Waals surface area contributed by atoms with E-state index in [9.17, 15) is 10.1 Å². The molecule has 0 aliphatic carbocycles. The van der Waals surface area contributed by atoms with Crippen LogP contribution in [0.5, 0.6) is 0 Å². The summed E-state index contributed by atoms with van der Waals surface area (Å²) < 4.78 is 0. The van der Waals surface area contributed by atoms with E-state index in [0.717, 1.165) is 69.3 Å². The minimum Gasteiger partial charge on any atom is -0.383 e. The number of nitrogens with two attached hydrogens (primary N) is 1. The highest BCUT2D eigenvalue weighted by Crippen LogP contribution is 2.31. The Hall–Kier alpha value is -6.75. The lowest BCUT2D eigenvalue weighted by Gasteiger charge is -2.13. The number of aromatic nitrogens is 3. The van der Waals surface area contributed by atoms with Crippen molar-refractivity contribution >= 4 is 34.4 Å². The number of anilines is 3. The monoisotopic (exact) mass is 659 g/mol. The highest BCUT2D eigenvalue weighted by atomic mass is 16.6. The van der Waals surface area contributed by atoms with E-state index in [1.165, 1.54) is 6.07 Å². The van der Waals surface area contributed by atoms with Crippen LogP contribution in [0.1, 0.15) is 22.3 Å². The van der Waals surface area contributed by atoms with Gasteiger partial charge in [-0.3, -0.25) is 25.1 Å². The fourth-order valence-corrected chi connectivity index (χ4v) is 6.00. The van der Waals surface area contributed by atoms with Gasteiger partial charge in [-0.1, -0.05) is 54.6 Å². The van der Waals surface area contributed by atoms with Crippen molar-refractivity contribution in [1.82, 2.24) is 15.0 Å². The molecule has 0 atom stereocenters.